The maximum atomic E-state index is 11.5. The Labute approximate surface area is 128 Å². The summed E-state index contributed by atoms with van der Waals surface area (Å²) in [5.41, 5.74) is 1.01. The summed E-state index contributed by atoms with van der Waals surface area (Å²) in [6.07, 6.45) is 5.54. The van der Waals surface area contributed by atoms with Crippen molar-refractivity contribution in [1.82, 2.24) is 20.2 Å². The molecule has 3 rings (SSSR count). The lowest BCUT2D eigenvalue weighted by Gasteiger charge is -2.11. The molecular formula is C13H16N6O2S. The van der Waals surface area contributed by atoms with Crippen molar-refractivity contribution < 1.29 is 8.42 Å². The van der Waals surface area contributed by atoms with Gasteiger partial charge in [-0.15, -0.1) is 5.10 Å². The highest BCUT2D eigenvalue weighted by Crippen LogP contribution is 2.16. The molecule has 0 bridgehead atoms. The predicted molar refractivity (Wildman–Crippen MR) is 82.1 cm³/mol. The third kappa shape index (κ3) is 3.88. The molecule has 1 aliphatic heterocycles. The largest absolute Gasteiger partial charge is 0.365 e. The lowest BCUT2D eigenvalue weighted by molar-refractivity contribution is 0.602. The number of aromatic nitrogens is 4. The molecule has 0 radical (unpaired) electrons. The Morgan fingerprint density at radius 1 is 1.32 bits per heavy atom. The minimum Gasteiger partial charge on any atom is -0.365 e. The van der Waals surface area contributed by atoms with Crippen LogP contribution in [0.15, 0.2) is 30.7 Å². The highest BCUT2D eigenvalue weighted by molar-refractivity contribution is 7.91. The first-order valence-corrected chi connectivity index (χ1v) is 8.72. The standard InChI is InChI=1S/C13H16N6O2S/c20-22(21)5-3-11(9-22)17-12-8-16-19-13(18-12)15-7-10-2-1-4-14-6-10/h1-2,4,6,8,11H,3,5,7,9H2,(H2,15,17,18,19). The Kier molecular flexibility index (Phi) is 4.14. The lowest BCUT2D eigenvalue weighted by atomic mass is 10.3. The van der Waals surface area contributed by atoms with Gasteiger partial charge in [-0.3, -0.25) is 4.98 Å². The van der Waals surface area contributed by atoms with Crippen LogP contribution < -0.4 is 10.6 Å². The van der Waals surface area contributed by atoms with Crippen LogP contribution in [0.3, 0.4) is 0 Å². The molecule has 116 valence electrons. The van der Waals surface area contributed by atoms with E-state index in [1.165, 1.54) is 6.20 Å². The van der Waals surface area contributed by atoms with E-state index in [1.807, 2.05) is 12.1 Å². The van der Waals surface area contributed by atoms with E-state index in [2.05, 4.69) is 30.8 Å². The van der Waals surface area contributed by atoms with Crippen molar-refractivity contribution >= 4 is 21.6 Å². The molecule has 22 heavy (non-hydrogen) atoms. The molecule has 0 spiro atoms. The van der Waals surface area contributed by atoms with Crippen molar-refractivity contribution in [2.45, 2.75) is 19.0 Å². The highest BCUT2D eigenvalue weighted by atomic mass is 32.2. The van der Waals surface area contributed by atoms with Crippen LogP contribution in [0.2, 0.25) is 0 Å². The second-order valence-corrected chi connectivity index (χ2v) is 7.35. The monoisotopic (exact) mass is 320 g/mol. The van der Waals surface area contributed by atoms with E-state index in [4.69, 9.17) is 0 Å². The molecule has 2 aromatic heterocycles. The fourth-order valence-corrected chi connectivity index (χ4v) is 3.92. The molecule has 9 heteroatoms. The van der Waals surface area contributed by atoms with E-state index in [0.29, 0.717) is 24.7 Å². The van der Waals surface area contributed by atoms with E-state index >= 15 is 0 Å². The van der Waals surface area contributed by atoms with Crippen LogP contribution in [-0.4, -0.2) is 46.1 Å². The molecule has 1 saturated heterocycles. The molecule has 0 aliphatic carbocycles. The maximum Gasteiger partial charge on any atom is 0.244 e. The molecule has 1 aliphatic rings. The molecule has 0 saturated carbocycles. The SMILES string of the molecule is O=S1(=O)CCC(Nc2cnnc(NCc3cccnc3)n2)C1. The molecule has 2 aromatic rings. The van der Waals surface area contributed by atoms with Gasteiger partial charge in [0.15, 0.2) is 15.7 Å². The minimum absolute atomic E-state index is 0.118. The van der Waals surface area contributed by atoms with Crippen molar-refractivity contribution in [3.8, 4) is 0 Å². The zero-order chi connectivity index (χ0) is 15.4. The number of rotatable bonds is 5. The smallest absolute Gasteiger partial charge is 0.244 e. The fraction of sp³-hybridized carbons (Fsp3) is 0.385. The van der Waals surface area contributed by atoms with Gasteiger partial charge < -0.3 is 10.6 Å². The lowest BCUT2D eigenvalue weighted by Crippen LogP contribution is -2.21. The van der Waals surface area contributed by atoms with Gasteiger partial charge in [0.05, 0.1) is 17.7 Å². The molecule has 0 aromatic carbocycles. The van der Waals surface area contributed by atoms with Crippen LogP contribution in [0.4, 0.5) is 11.8 Å². The summed E-state index contributed by atoms with van der Waals surface area (Å²) in [4.78, 5) is 8.32. The van der Waals surface area contributed by atoms with E-state index in [9.17, 15) is 8.42 Å². The average molecular weight is 320 g/mol. The number of hydrogen-bond acceptors (Lipinski definition) is 8. The molecule has 1 atom stereocenters. The van der Waals surface area contributed by atoms with Gasteiger partial charge in [-0.1, -0.05) is 6.07 Å². The number of nitrogens with one attached hydrogen (secondary N) is 2. The number of pyridine rings is 1. The van der Waals surface area contributed by atoms with E-state index in [-0.39, 0.29) is 17.5 Å². The minimum atomic E-state index is -2.92. The fourth-order valence-electron chi connectivity index (χ4n) is 2.25. The van der Waals surface area contributed by atoms with Gasteiger partial charge in [0.2, 0.25) is 5.95 Å². The summed E-state index contributed by atoms with van der Waals surface area (Å²) < 4.78 is 22.9. The first-order valence-electron chi connectivity index (χ1n) is 6.90. The number of hydrogen-bond donors (Lipinski definition) is 2. The van der Waals surface area contributed by atoms with E-state index in [0.717, 1.165) is 5.56 Å². The molecule has 1 fully saturated rings. The topological polar surface area (TPSA) is 110 Å². The average Bonchev–Trinajstić information content (AvgIpc) is 2.85. The van der Waals surface area contributed by atoms with Gasteiger partial charge >= 0.3 is 0 Å². The number of sulfone groups is 1. The van der Waals surface area contributed by atoms with Crippen LogP contribution >= 0.6 is 0 Å². The third-order valence-electron chi connectivity index (χ3n) is 3.32. The molecule has 0 amide bonds. The van der Waals surface area contributed by atoms with Crippen molar-refractivity contribution in [3.63, 3.8) is 0 Å². The Morgan fingerprint density at radius 3 is 2.95 bits per heavy atom. The van der Waals surface area contributed by atoms with Crippen LogP contribution in [0.25, 0.3) is 0 Å². The Bertz CT molecular complexity index is 737. The summed E-state index contributed by atoms with van der Waals surface area (Å²) in [5.74, 6) is 1.26. The zero-order valence-corrected chi connectivity index (χ0v) is 12.6. The van der Waals surface area contributed by atoms with Gasteiger partial charge in [-0.05, 0) is 18.1 Å². The van der Waals surface area contributed by atoms with Gasteiger partial charge in [0, 0.05) is 25.0 Å². The van der Waals surface area contributed by atoms with Gasteiger partial charge in [0.25, 0.3) is 0 Å². The van der Waals surface area contributed by atoms with Crippen molar-refractivity contribution in [3.05, 3.63) is 36.3 Å². The Hall–Kier alpha value is -2.29. The highest BCUT2D eigenvalue weighted by Gasteiger charge is 2.28. The molecule has 1 unspecified atom stereocenters. The second kappa shape index (κ2) is 6.22. The summed E-state index contributed by atoms with van der Waals surface area (Å²) in [7, 11) is -2.92. The summed E-state index contributed by atoms with van der Waals surface area (Å²) >= 11 is 0. The van der Waals surface area contributed by atoms with Crippen molar-refractivity contribution in [2.24, 2.45) is 0 Å². The van der Waals surface area contributed by atoms with Crippen LogP contribution in [0.1, 0.15) is 12.0 Å². The van der Waals surface area contributed by atoms with Crippen LogP contribution in [0, 0.1) is 0 Å². The maximum absolute atomic E-state index is 11.5. The van der Waals surface area contributed by atoms with Gasteiger partial charge in [-0.2, -0.15) is 10.1 Å². The normalized spacial score (nSPS) is 19.7. The molecular weight excluding hydrogens is 304 g/mol. The first kappa shape index (κ1) is 14.6. The predicted octanol–water partition coefficient (Wildman–Crippen LogP) is 0.478. The number of anilines is 2. The van der Waals surface area contributed by atoms with E-state index in [1.54, 1.807) is 12.4 Å². The first-order chi connectivity index (χ1) is 10.6. The van der Waals surface area contributed by atoms with Crippen LogP contribution in [-0.2, 0) is 16.4 Å². The van der Waals surface area contributed by atoms with Crippen LogP contribution in [0.5, 0.6) is 0 Å². The van der Waals surface area contributed by atoms with Crippen molar-refractivity contribution in [2.75, 3.05) is 22.1 Å². The third-order valence-corrected chi connectivity index (χ3v) is 5.08. The summed E-state index contributed by atoms with van der Waals surface area (Å²) in [6, 6.07) is 3.68. The number of nitrogens with zero attached hydrogens (tertiary/aromatic N) is 4. The second-order valence-electron chi connectivity index (χ2n) is 5.12. The quantitative estimate of drug-likeness (QED) is 0.818. The molecule has 2 N–H and O–H groups in total. The summed E-state index contributed by atoms with van der Waals surface area (Å²) in [6.45, 7) is 0.538. The summed E-state index contributed by atoms with van der Waals surface area (Å²) in [5, 5.41) is 13.9. The Morgan fingerprint density at radius 2 is 2.23 bits per heavy atom. The zero-order valence-electron chi connectivity index (χ0n) is 11.8. The van der Waals surface area contributed by atoms with Gasteiger partial charge in [0.1, 0.15) is 0 Å². The van der Waals surface area contributed by atoms with Crippen molar-refractivity contribution in [1.29, 1.82) is 0 Å². The Balaban J connectivity index is 1.60. The van der Waals surface area contributed by atoms with Gasteiger partial charge in [-0.25, -0.2) is 8.42 Å². The molecule has 3 heterocycles. The van der Waals surface area contributed by atoms with E-state index < -0.39 is 9.84 Å². The molecule has 8 nitrogen and oxygen atoms in total.